The summed E-state index contributed by atoms with van der Waals surface area (Å²) in [6, 6.07) is 4.68. The van der Waals surface area contributed by atoms with Crippen molar-refractivity contribution in [3.05, 3.63) is 46.9 Å². The van der Waals surface area contributed by atoms with Gasteiger partial charge in [0.1, 0.15) is 17.8 Å². The van der Waals surface area contributed by atoms with Crippen molar-refractivity contribution >= 4 is 29.0 Å². The van der Waals surface area contributed by atoms with E-state index in [1.54, 1.807) is 0 Å². The molecule has 1 saturated heterocycles. The minimum atomic E-state index is -4.64. The maximum Gasteiger partial charge on any atom is 0.418 e. The van der Waals surface area contributed by atoms with Crippen LogP contribution in [0.2, 0.25) is 5.02 Å². The molecular weight excluding hydrogens is 381 g/mol. The highest BCUT2D eigenvalue weighted by Crippen LogP contribution is 2.36. The normalized spacial score (nSPS) is 15.7. The van der Waals surface area contributed by atoms with Crippen molar-refractivity contribution in [2.24, 2.45) is 5.92 Å². The largest absolute Gasteiger partial charge is 0.418 e. The van der Waals surface area contributed by atoms with E-state index in [2.05, 4.69) is 22.2 Å². The Bertz CT molecular complexity index is 836. The predicted molar refractivity (Wildman–Crippen MR) is 97.1 cm³/mol. The van der Waals surface area contributed by atoms with Crippen molar-refractivity contribution in [2.75, 3.05) is 23.3 Å². The zero-order valence-electron chi connectivity index (χ0n) is 14.6. The van der Waals surface area contributed by atoms with Crippen LogP contribution >= 0.6 is 11.6 Å². The molecule has 0 radical (unpaired) electrons. The topological polar surface area (TPSA) is 58.1 Å². The van der Waals surface area contributed by atoms with Gasteiger partial charge >= 0.3 is 6.18 Å². The van der Waals surface area contributed by atoms with Crippen LogP contribution in [0.1, 0.15) is 35.8 Å². The van der Waals surface area contributed by atoms with Gasteiger partial charge in [0.2, 0.25) is 0 Å². The zero-order chi connectivity index (χ0) is 19.6. The molecule has 0 aliphatic carbocycles. The lowest BCUT2D eigenvalue weighted by Gasteiger charge is -2.31. The Balaban J connectivity index is 1.80. The first kappa shape index (κ1) is 19.4. The zero-order valence-corrected chi connectivity index (χ0v) is 15.3. The second kappa shape index (κ2) is 7.72. The Morgan fingerprint density at radius 3 is 2.59 bits per heavy atom. The van der Waals surface area contributed by atoms with E-state index in [0.717, 1.165) is 38.1 Å². The molecule has 5 nitrogen and oxygen atoms in total. The second-order valence-electron chi connectivity index (χ2n) is 6.57. The number of amides is 1. The van der Waals surface area contributed by atoms with Crippen LogP contribution < -0.4 is 10.2 Å². The van der Waals surface area contributed by atoms with Crippen LogP contribution in [-0.4, -0.2) is 29.0 Å². The Morgan fingerprint density at radius 1 is 1.22 bits per heavy atom. The van der Waals surface area contributed by atoms with E-state index in [-0.39, 0.29) is 16.4 Å². The summed E-state index contributed by atoms with van der Waals surface area (Å²) in [5.41, 5.74) is -1.38. The molecule has 9 heteroatoms. The summed E-state index contributed by atoms with van der Waals surface area (Å²) in [6.07, 6.45) is -1.36. The molecule has 1 aromatic heterocycles. The summed E-state index contributed by atoms with van der Waals surface area (Å²) in [7, 11) is 0. The molecule has 0 unspecified atom stereocenters. The molecule has 1 amide bonds. The molecule has 1 aromatic carbocycles. The number of alkyl halides is 3. The minimum absolute atomic E-state index is 0.00157. The number of anilines is 2. The van der Waals surface area contributed by atoms with E-state index in [0.29, 0.717) is 11.7 Å². The fraction of sp³-hybridized carbons (Fsp3) is 0.389. The van der Waals surface area contributed by atoms with Crippen molar-refractivity contribution in [1.29, 1.82) is 0 Å². The lowest BCUT2D eigenvalue weighted by atomic mass is 9.99. The van der Waals surface area contributed by atoms with Gasteiger partial charge in [-0.05, 0) is 37.0 Å². The van der Waals surface area contributed by atoms with E-state index in [1.165, 1.54) is 18.5 Å². The van der Waals surface area contributed by atoms with Crippen LogP contribution in [0.25, 0.3) is 0 Å². The van der Waals surface area contributed by atoms with Gasteiger partial charge in [0.15, 0.2) is 0 Å². The predicted octanol–water partition coefficient (Wildman–Crippen LogP) is 4.64. The molecule has 2 heterocycles. The number of carbonyl (C=O) groups excluding carboxylic acids is 1. The molecule has 0 spiro atoms. The van der Waals surface area contributed by atoms with Crippen LogP contribution in [0.4, 0.5) is 24.7 Å². The lowest BCUT2D eigenvalue weighted by molar-refractivity contribution is -0.136. The van der Waals surface area contributed by atoms with Gasteiger partial charge in [-0.15, -0.1) is 0 Å². The molecule has 1 aliphatic heterocycles. The van der Waals surface area contributed by atoms with Gasteiger partial charge in [0.05, 0.1) is 11.3 Å². The van der Waals surface area contributed by atoms with Crippen molar-refractivity contribution < 1.29 is 18.0 Å². The van der Waals surface area contributed by atoms with Crippen LogP contribution in [0.5, 0.6) is 0 Å². The second-order valence-corrected chi connectivity index (χ2v) is 7.01. The number of nitrogens with zero attached hydrogens (tertiary/aromatic N) is 3. The molecule has 0 atom stereocenters. The summed E-state index contributed by atoms with van der Waals surface area (Å²) >= 11 is 5.65. The smallest absolute Gasteiger partial charge is 0.356 e. The maximum atomic E-state index is 13.2. The Morgan fingerprint density at radius 2 is 1.93 bits per heavy atom. The summed E-state index contributed by atoms with van der Waals surface area (Å²) in [5.74, 6) is 0.489. The van der Waals surface area contributed by atoms with E-state index >= 15 is 0 Å². The highest BCUT2D eigenvalue weighted by atomic mass is 35.5. The Hall–Kier alpha value is -2.35. The van der Waals surface area contributed by atoms with Gasteiger partial charge in [-0.25, -0.2) is 9.97 Å². The quantitative estimate of drug-likeness (QED) is 0.818. The van der Waals surface area contributed by atoms with Gasteiger partial charge < -0.3 is 10.2 Å². The number of rotatable bonds is 3. The molecule has 1 N–H and O–H groups in total. The third-order valence-corrected chi connectivity index (χ3v) is 4.76. The third kappa shape index (κ3) is 4.68. The average molecular weight is 399 g/mol. The lowest BCUT2D eigenvalue weighted by Crippen LogP contribution is -2.33. The van der Waals surface area contributed by atoms with Crippen molar-refractivity contribution in [2.45, 2.75) is 25.9 Å². The first-order valence-corrected chi connectivity index (χ1v) is 8.87. The standard InChI is InChI=1S/C18H18ClF3N4O/c1-11-4-6-26(7-5-11)16-9-15(23-10-24-16)17(27)25-14-3-2-12(19)8-13(14)18(20,21)22/h2-3,8-11H,4-7H2,1H3,(H,25,27). The van der Waals surface area contributed by atoms with Crippen molar-refractivity contribution in [3.8, 4) is 0 Å². The monoisotopic (exact) mass is 398 g/mol. The number of piperidine rings is 1. The van der Waals surface area contributed by atoms with Crippen LogP contribution in [0, 0.1) is 5.92 Å². The van der Waals surface area contributed by atoms with E-state index in [1.807, 2.05) is 4.90 Å². The maximum absolute atomic E-state index is 13.2. The summed E-state index contributed by atoms with van der Waals surface area (Å²) < 4.78 is 39.5. The molecule has 1 fully saturated rings. The fourth-order valence-electron chi connectivity index (χ4n) is 2.93. The first-order chi connectivity index (χ1) is 12.7. The Kier molecular flexibility index (Phi) is 5.55. The van der Waals surface area contributed by atoms with Gasteiger partial charge in [-0.1, -0.05) is 18.5 Å². The molecular formula is C18H18ClF3N4O. The molecule has 0 saturated carbocycles. The Labute approximate surface area is 159 Å². The minimum Gasteiger partial charge on any atom is -0.356 e. The number of halogens is 4. The average Bonchev–Trinajstić information content (AvgIpc) is 2.63. The number of carbonyl (C=O) groups is 1. The van der Waals surface area contributed by atoms with Gasteiger partial charge in [0.25, 0.3) is 5.91 Å². The van der Waals surface area contributed by atoms with Gasteiger partial charge in [-0.3, -0.25) is 4.79 Å². The number of aromatic nitrogens is 2. The highest BCUT2D eigenvalue weighted by molar-refractivity contribution is 6.30. The van der Waals surface area contributed by atoms with Crippen molar-refractivity contribution in [3.63, 3.8) is 0 Å². The molecule has 27 heavy (non-hydrogen) atoms. The van der Waals surface area contributed by atoms with Crippen LogP contribution in [-0.2, 0) is 6.18 Å². The summed E-state index contributed by atoms with van der Waals surface area (Å²) in [4.78, 5) is 22.6. The van der Waals surface area contributed by atoms with Gasteiger partial charge in [-0.2, -0.15) is 13.2 Å². The number of hydrogen-bond donors (Lipinski definition) is 1. The molecule has 0 bridgehead atoms. The van der Waals surface area contributed by atoms with Crippen LogP contribution in [0.3, 0.4) is 0 Å². The molecule has 1 aliphatic rings. The highest BCUT2D eigenvalue weighted by Gasteiger charge is 2.34. The fourth-order valence-corrected chi connectivity index (χ4v) is 3.10. The first-order valence-electron chi connectivity index (χ1n) is 8.49. The number of hydrogen-bond acceptors (Lipinski definition) is 4. The number of benzene rings is 1. The van der Waals surface area contributed by atoms with Gasteiger partial charge in [0, 0.05) is 24.2 Å². The number of nitrogens with one attached hydrogen (secondary N) is 1. The molecule has 3 rings (SSSR count). The van der Waals surface area contributed by atoms with E-state index in [9.17, 15) is 18.0 Å². The third-order valence-electron chi connectivity index (χ3n) is 4.53. The molecule has 2 aromatic rings. The van der Waals surface area contributed by atoms with E-state index < -0.39 is 17.6 Å². The molecule has 144 valence electrons. The van der Waals surface area contributed by atoms with Crippen molar-refractivity contribution in [1.82, 2.24) is 9.97 Å². The van der Waals surface area contributed by atoms with Crippen LogP contribution in [0.15, 0.2) is 30.6 Å². The SMILES string of the molecule is CC1CCN(c2cc(C(=O)Nc3ccc(Cl)cc3C(F)(F)F)ncn2)CC1. The van der Waals surface area contributed by atoms with E-state index in [4.69, 9.17) is 11.6 Å². The summed E-state index contributed by atoms with van der Waals surface area (Å²) in [5, 5.41) is 2.21. The summed E-state index contributed by atoms with van der Waals surface area (Å²) in [6.45, 7) is 3.81.